The maximum Gasteiger partial charge on any atom is 0.330 e. The lowest BCUT2D eigenvalue weighted by molar-refractivity contribution is -0.137. The lowest BCUT2D eigenvalue weighted by atomic mass is 9.97. The van der Waals surface area contributed by atoms with Crippen molar-refractivity contribution >= 4 is 35.5 Å². The monoisotopic (exact) mass is 418 g/mol. The van der Waals surface area contributed by atoms with Crippen LogP contribution in [0.2, 0.25) is 5.02 Å². The molecule has 8 heteroatoms. The normalized spacial score (nSPS) is 19.0. The van der Waals surface area contributed by atoms with Gasteiger partial charge in [0.25, 0.3) is 5.91 Å². The van der Waals surface area contributed by atoms with Crippen molar-refractivity contribution < 1.29 is 23.9 Å². The van der Waals surface area contributed by atoms with Crippen LogP contribution in [-0.4, -0.2) is 43.6 Å². The lowest BCUT2D eigenvalue weighted by Crippen LogP contribution is -2.38. The Morgan fingerprint density at radius 3 is 3.00 bits per heavy atom. The number of rotatable bonds is 7. The van der Waals surface area contributed by atoms with Crippen LogP contribution < -0.4 is 15.4 Å². The Morgan fingerprint density at radius 1 is 1.45 bits per heavy atom. The Kier molecular flexibility index (Phi) is 6.93. The highest BCUT2D eigenvalue weighted by molar-refractivity contribution is 6.30. The van der Waals surface area contributed by atoms with E-state index in [4.69, 9.17) is 21.1 Å². The fraction of sp³-hybridized carbons (Fsp3) is 0.381. The molecule has 0 bridgehead atoms. The summed E-state index contributed by atoms with van der Waals surface area (Å²) in [5.41, 5.74) is 1.16. The van der Waals surface area contributed by atoms with Gasteiger partial charge in [-0.2, -0.15) is 0 Å². The van der Waals surface area contributed by atoms with Crippen LogP contribution in [0.5, 0.6) is 5.75 Å². The second kappa shape index (κ2) is 9.60. The second-order valence-corrected chi connectivity index (χ2v) is 7.28. The van der Waals surface area contributed by atoms with Gasteiger partial charge in [-0.15, -0.1) is 0 Å². The first-order chi connectivity index (χ1) is 14.0. The highest BCUT2D eigenvalue weighted by Gasteiger charge is 2.28. The minimum Gasteiger partial charge on any atom is -0.488 e. The number of hydrogen-bond donors (Lipinski definition) is 2. The van der Waals surface area contributed by atoms with E-state index in [9.17, 15) is 14.4 Å². The van der Waals surface area contributed by atoms with Gasteiger partial charge in [0, 0.05) is 35.2 Å². The number of halogens is 1. The maximum atomic E-state index is 12.8. The molecule has 2 atom stereocenters. The van der Waals surface area contributed by atoms with E-state index in [1.807, 2.05) is 0 Å². The van der Waals surface area contributed by atoms with Crippen molar-refractivity contribution in [2.75, 3.05) is 19.8 Å². The SMILES string of the molecule is CCOC(=O)/C=C/C(CC1CCNC1=O)NC(=O)C1=Cc2cc(Cl)ccc2OC1. The lowest BCUT2D eigenvalue weighted by Gasteiger charge is -2.21. The molecule has 29 heavy (non-hydrogen) atoms. The molecule has 0 radical (unpaired) electrons. The molecule has 0 aromatic heterocycles. The van der Waals surface area contributed by atoms with Crippen LogP contribution in [0.25, 0.3) is 6.08 Å². The van der Waals surface area contributed by atoms with Gasteiger partial charge in [0.05, 0.1) is 12.2 Å². The van der Waals surface area contributed by atoms with Gasteiger partial charge in [-0.25, -0.2) is 4.79 Å². The number of benzene rings is 1. The van der Waals surface area contributed by atoms with E-state index in [1.165, 1.54) is 6.08 Å². The average molecular weight is 419 g/mol. The summed E-state index contributed by atoms with van der Waals surface area (Å²) in [5.74, 6) is -0.424. The standard InChI is InChI=1S/C21H23ClN2O5/c1-2-28-19(25)6-4-17(11-13-7-8-23-20(13)26)24-21(27)15-9-14-10-16(22)3-5-18(14)29-12-15/h3-6,9-10,13,17H,2,7-8,11-12H2,1H3,(H,23,26)(H,24,27)/b6-4+. The van der Waals surface area contributed by atoms with Crippen molar-refractivity contribution in [1.82, 2.24) is 10.6 Å². The van der Waals surface area contributed by atoms with Crippen LogP contribution >= 0.6 is 11.6 Å². The highest BCUT2D eigenvalue weighted by atomic mass is 35.5. The second-order valence-electron chi connectivity index (χ2n) is 6.84. The molecule has 1 fully saturated rings. The van der Waals surface area contributed by atoms with E-state index in [1.54, 1.807) is 37.3 Å². The topological polar surface area (TPSA) is 93.7 Å². The van der Waals surface area contributed by atoms with Crippen LogP contribution in [0.1, 0.15) is 25.3 Å². The van der Waals surface area contributed by atoms with Crippen molar-refractivity contribution in [1.29, 1.82) is 0 Å². The molecule has 1 aromatic rings. The molecular formula is C21H23ClN2O5. The van der Waals surface area contributed by atoms with Crippen molar-refractivity contribution in [3.63, 3.8) is 0 Å². The van der Waals surface area contributed by atoms with Crippen LogP contribution in [0.3, 0.4) is 0 Å². The van der Waals surface area contributed by atoms with Crippen molar-refractivity contribution in [2.45, 2.75) is 25.8 Å². The molecule has 3 rings (SSSR count). The fourth-order valence-electron chi connectivity index (χ4n) is 3.29. The van der Waals surface area contributed by atoms with Crippen LogP contribution in [-0.2, 0) is 19.1 Å². The van der Waals surface area contributed by atoms with Crippen molar-refractivity contribution in [3.8, 4) is 5.75 Å². The molecule has 2 aliphatic rings. The van der Waals surface area contributed by atoms with Gasteiger partial charge in [-0.05, 0) is 44.0 Å². The van der Waals surface area contributed by atoms with Crippen LogP contribution in [0.4, 0.5) is 0 Å². The van der Waals surface area contributed by atoms with Gasteiger partial charge >= 0.3 is 5.97 Å². The van der Waals surface area contributed by atoms with Gasteiger partial charge in [0.2, 0.25) is 5.91 Å². The van der Waals surface area contributed by atoms with Crippen LogP contribution in [0, 0.1) is 5.92 Å². The zero-order valence-electron chi connectivity index (χ0n) is 16.1. The fourth-order valence-corrected chi connectivity index (χ4v) is 3.47. The summed E-state index contributed by atoms with van der Waals surface area (Å²) in [6.07, 6.45) is 5.66. The van der Waals surface area contributed by atoms with E-state index < -0.39 is 12.0 Å². The first-order valence-corrected chi connectivity index (χ1v) is 9.90. The predicted molar refractivity (Wildman–Crippen MR) is 108 cm³/mol. The first kappa shape index (κ1) is 20.9. The number of amides is 2. The minimum atomic E-state index is -0.498. The summed E-state index contributed by atoms with van der Waals surface area (Å²) in [7, 11) is 0. The van der Waals surface area contributed by atoms with E-state index in [0.29, 0.717) is 35.7 Å². The van der Waals surface area contributed by atoms with E-state index >= 15 is 0 Å². The van der Waals surface area contributed by atoms with E-state index in [-0.39, 0.29) is 30.9 Å². The van der Waals surface area contributed by atoms with Gasteiger partial charge in [-0.1, -0.05) is 17.7 Å². The average Bonchev–Trinajstić information content (AvgIpc) is 3.10. The van der Waals surface area contributed by atoms with Gasteiger partial charge in [-0.3, -0.25) is 9.59 Å². The number of esters is 1. The third-order valence-corrected chi connectivity index (χ3v) is 4.98. The Labute approximate surface area is 174 Å². The Bertz CT molecular complexity index is 865. The number of hydrogen-bond acceptors (Lipinski definition) is 5. The summed E-state index contributed by atoms with van der Waals surface area (Å²) < 4.78 is 10.5. The molecule has 0 spiro atoms. The number of ether oxygens (including phenoxy) is 2. The molecule has 2 amide bonds. The smallest absolute Gasteiger partial charge is 0.330 e. The number of carbonyl (C=O) groups excluding carboxylic acids is 3. The molecule has 1 saturated heterocycles. The summed E-state index contributed by atoms with van der Waals surface area (Å²) in [4.78, 5) is 36.4. The molecule has 2 unspecified atom stereocenters. The van der Waals surface area contributed by atoms with Gasteiger partial charge < -0.3 is 20.1 Å². The molecule has 0 aliphatic carbocycles. The van der Waals surface area contributed by atoms with E-state index in [0.717, 1.165) is 5.56 Å². The van der Waals surface area contributed by atoms with Crippen molar-refractivity contribution in [3.05, 3.63) is 46.5 Å². The van der Waals surface area contributed by atoms with Crippen molar-refractivity contribution in [2.24, 2.45) is 5.92 Å². The largest absolute Gasteiger partial charge is 0.488 e. The molecule has 1 aromatic carbocycles. The zero-order valence-corrected chi connectivity index (χ0v) is 16.8. The molecule has 0 saturated carbocycles. The summed E-state index contributed by atoms with van der Waals surface area (Å²) in [6, 6.07) is 4.71. The summed E-state index contributed by atoms with van der Waals surface area (Å²) >= 11 is 6.02. The van der Waals surface area contributed by atoms with Gasteiger partial charge in [0.15, 0.2) is 0 Å². The first-order valence-electron chi connectivity index (χ1n) is 9.52. The molecule has 154 valence electrons. The quantitative estimate of drug-likeness (QED) is 0.523. The van der Waals surface area contributed by atoms with Gasteiger partial charge in [0.1, 0.15) is 12.4 Å². The third kappa shape index (κ3) is 5.60. The van der Waals surface area contributed by atoms with Crippen LogP contribution in [0.15, 0.2) is 35.9 Å². The summed E-state index contributed by atoms with van der Waals surface area (Å²) in [6.45, 7) is 2.71. The number of fused-ring (bicyclic) bond motifs is 1. The zero-order chi connectivity index (χ0) is 20.8. The van der Waals surface area contributed by atoms with E-state index in [2.05, 4.69) is 10.6 Å². The maximum absolute atomic E-state index is 12.8. The summed E-state index contributed by atoms with van der Waals surface area (Å²) in [5, 5.41) is 6.21. The molecule has 7 nitrogen and oxygen atoms in total. The molecular weight excluding hydrogens is 396 g/mol. The Balaban J connectivity index is 1.72. The number of nitrogens with one attached hydrogen (secondary N) is 2. The number of carbonyl (C=O) groups is 3. The third-order valence-electron chi connectivity index (χ3n) is 4.75. The molecule has 2 heterocycles. The minimum absolute atomic E-state index is 0.0439. The Hall–Kier alpha value is -2.80. The molecule has 2 N–H and O–H groups in total. The predicted octanol–water partition coefficient (Wildman–Crippen LogP) is 2.25. The highest BCUT2D eigenvalue weighted by Crippen LogP contribution is 2.29. The Morgan fingerprint density at radius 2 is 2.28 bits per heavy atom. The molecule has 2 aliphatic heterocycles.